The molecule has 1 aromatic carbocycles. The molecule has 0 spiro atoms. The van der Waals surface area contributed by atoms with Gasteiger partial charge in [-0.25, -0.2) is 0 Å². The maximum atomic E-state index is 10.7. The summed E-state index contributed by atoms with van der Waals surface area (Å²) in [5, 5.41) is 0.551. The normalized spacial score (nSPS) is 9.92. The van der Waals surface area contributed by atoms with Crippen LogP contribution in [0.3, 0.4) is 0 Å². The largest absolute Gasteiger partial charge is 0.272 e. The molecule has 0 saturated carbocycles. The number of amides is 1. The average Bonchev–Trinajstić information content (AvgIpc) is 1.82. The van der Waals surface area contributed by atoms with Crippen LogP contribution in [-0.4, -0.2) is 5.91 Å². The van der Waals surface area contributed by atoms with Crippen LogP contribution in [0, 0.1) is 0 Å². The fourth-order valence-electron chi connectivity index (χ4n) is 0.759. The van der Waals surface area contributed by atoms with E-state index < -0.39 is 5.91 Å². The van der Waals surface area contributed by atoms with Crippen LogP contribution in [0.5, 0.6) is 0 Å². The highest BCUT2D eigenvalue weighted by atomic mass is 35.5. The van der Waals surface area contributed by atoms with Gasteiger partial charge < -0.3 is 0 Å². The Morgan fingerprint density at radius 2 is 1.58 bits per heavy atom. The van der Waals surface area contributed by atoms with E-state index in [1.807, 2.05) is 0 Å². The van der Waals surface area contributed by atoms with E-state index in [4.69, 9.17) is 40.5 Å². The molecular formula is C7H3Cl3NO. The molecule has 1 aromatic rings. The summed E-state index contributed by atoms with van der Waals surface area (Å²) in [4.78, 5) is 10.7. The Labute approximate surface area is 84.2 Å². The van der Waals surface area contributed by atoms with E-state index in [2.05, 4.69) is 0 Å². The van der Waals surface area contributed by atoms with Crippen molar-refractivity contribution < 1.29 is 4.79 Å². The van der Waals surface area contributed by atoms with Crippen LogP contribution in [0.2, 0.25) is 15.1 Å². The molecule has 63 valence electrons. The first kappa shape index (κ1) is 9.65. The smallest absolute Gasteiger partial charge is 0.267 e. The summed E-state index contributed by atoms with van der Waals surface area (Å²) < 4.78 is 0. The zero-order valence-corrected chi connectivity index (χ0v) is 7.96. The minimum Gasteiger partial charge on any atom is -0.267 e. The summed E-state index contributed by atoms with van der Waals surface area (Å²) in [6.07, 6.45) is 0. The van der Waals surface area contributed by atoms with Gasteiger partial charge in [-0.15, -0.1) is 0 Å². The molecule has 0 aromatic heterocycles. The highest BCUT2D eigenvalue weighted by molar-refractivity contribution is 6.42. The molecule has 2 nitrogen and oxygen atoms in total. The molecule has 0 aliphatic heterocycles. The van der Waals surface area contributed by atoms with Gasteiger partial charge in [-0.1, -0.05) is 34.8 Å². The Bertz CT molecular complexity index is 314. The number of halogens is 3. The molecule has 0 bridgehead atoms. The van der Waals surface area contributed by atoms with Gasteiger partial charge in [-0.3, -0.25) is 10.5 Å². The molecule has 0 aliphatic carbocycles. The van der Waals surface area contributed by atoms with E-state index in [1.54, 1.807) is 0 Å². The van der Waals surface area contributed by atoms with Crippen molar-refractivity contribution in [1.29, 1.82) is 0 Å². The van der Waals surface area contributed by atoms with Crippen LogP contribution in [0.1, 0.15) is 10.4 Å². The number of benzene rings is 1. The van der Waals surface area contributed by atoms with Crippen molar-refractivity contribution in [2.75, 3.05) is 0 Å². The van der Waals surface area contributed by atoms with Gasteiger partial charge in [0.1, 0.15) is 0 Å². The first-order chi connectivity index (χ1) is 5.52. The fourth-order valence-corrected chi connectivity index (χ4v) is 1.75. The quantitative estimate of drug-likeness (QED) is 0.721. The Balaban J connectivity index is 3.38. The van der Waals surface area contributed by atoms with Gasteiger partial charge in [-0.05, 0) is 12.1 Å². The molecule has 1 radical (unpaired) electrons. The molecular weight excluding hydrogens is 220 g/mol. The van der Waals surface area contributed by atoms with E-state index >= 15 is 0 Å². The maximum absolute atomic E-state index is 10.7. The van der Waals surface area contributed by atoms with Gasteiger partial charge in [0.25, 0.3) is 5.91 Å². The Hall–Kier alpha value is -0.440. The van der Waals surface area contributed by atoms with Crippen LogP contribution in [0.15, 0.2) is 12.1 Å². The van der Waals surface area contributed by atoms with Gasteiger partial charge in [0, 0.05) is 5.02 Å². The van der Waals surface area contributed by atoms with Crippen LogP contribution in [0.25, 0.3) is 0 Å². The zero-order valence-electron chi connectivity index (χ0n) is 5.70. The summed E-state index contributed by atoms with van der Waals surface area (Å²) in [6.45, 7) is 0. The first-order valence-corrected chi connectivity index (χ1v) is 4.06. The molecule has 0 fully saturated rings. The van der Waals surface area contributed by atoms with Crippen molar-refractivity contribution in [2.45, 2.75) is 0 Å². The van der Waals surface area contributed by atoms with E-state index in [9.17, 15) is 4.79 Å². The molecule has 0 aliphatic rings. The fraction of sp³-hybridized carbons (Fsp3) is 0. The summed E-state index contributed by atoms with van der Waals surface area (Å²) in [5.74, 6) is -0.915. The molecule has 0 saturated heterocycles. The molecule has 12 heavy (non-hydrogen) atoms. The number of carbonyl (C=O) groups is 1. The van der Waals surface area contributed by atoms with Crippen LogP contribution in [-0.2, 0) is 0 Å². The minimum atomic E-state index is -0.915. The van der Waals surface area contributed by atoms with Crippen LogP contribution in [0.4, 0.5) is 0 Å². The Kier molecular flexibility index (Phi) is 2.83. The molecule has 1 amide bonds. The average molecular weight is 223 g/mol. The number of nitrogens with one attached hydrogen (secondary N) is 1. The molecule has 1 N–H and O–H groups in total. The van der Waals surface area contributed by atoms with Crippen LogP contribution >= 0.6 is 34.8 Å². The van der Waals surface area contributed by atoms with Crippen molar-refractivity contribution in [2.24, 2.45) is 0 Å². The highest BCUT2D eigenvalue weighted by Gasteiger charge is 2.12. The second-order valence-electron chi connectivity index (χ2n) is 2.07. The lowest BCUT2D eigenvalue weighted by molar-refractivity contribution is 0.0992. The van der Waals surface area contributed by atoms with Gasteiger partial charge in [0.2, 0.25) is 0 Å². The Morgan fingerprint density at radius 3 is 1.92 bits per heavy atom. The second-order valence-corrected chi connectivity index (χ2v) is 3.32. The van der Waals surface area contributed by atoms with E-state index in [0.29, 0.717) is 5.02 Å². The molecule has 0 atom stereocenters. The third kappa shape index (κ3) is 1.83. The summed E-state index contributed by atoms with van der Waals surface area (Å²) >= 11 is 16.8. The minimum absolute atomic E-state index is 0.0114. The van der Waals surface area contributed by atoms with E-state index in [0.717, 1.165) is 0 Å². The van der Waals surface area contributed by atoms with Crippen molar-refractivity contribution in [3.63, 3.8) is 0 Å². The monoisotopic (exact) mass is 222 g/mol. The van der Waals surface area contributed by atoms with Crippen molar-refractivity contribution in [3.8, 4) is 0 Å². The van der Waals surface area contributed by atoms with Crippen molar-refractivity contribution in [1.82, 2.24) is 5.73 Å². The third-order valence-electron chi connectivity index (χ3n) is 1.23. The second kappa shape index (κ2) is 3.52. The third-order valence-corrected chi connectivity index (χ3v) is 2.05. The lowest BCUT2D eigenvalue weighted by atomic mass is 10.2. The molecule has 5 heteroatoms. The SMILES string of the molecule is [NH]C(=O)c1c(Cl)cc(Cl)cc1Cl. The Morgan fingerprint density at radius 1 is 1.17 bits per heavy atom. The van der Waals surface area contributed by atoms with Crippen LogP contribution < -0.4 is 5.73 Å². The summed E-state index contributed by atoms with van der Waals surface area (Å²) in [5.41, 5.74) is 6.81. The predicted molar refractivity (Wildman–Crippen MR) is 48.9 cm³/mol. The lowest BCUT2D eigenvalue weighted by Crippen LogP contribution is -2.00. The molecule has 0 unspecified atom stereocenters. The van der Waals surface area contributed by atoms with E-state index in [-0.39, 0.29) is 15.6 Å². The topological polar surface area (TPSA) is 40.9 Å². The molecule has 1 rings (SSSR count). The van der Waals surface area contributed by atoms with E-state index in [1.165, 1.54) is 12.1 Å². The van der Waals surface area contributed by atoms with Gasteiger partial charge in [-0.2, -0.15) is 0 Å². The van der Waals surface area contributed by atoms with Crippen molar-refractivity contribution >= 4 is 40.7 Å². The zero-order chi connectivity index (χ0) is 9.30. The number of hydrogen-bond donors (Lipinski definition) is 0. The maximum Gasteiger partial charge on any atom is 0.272 e. The standard InChI is InChI=1S/C7H3Cl3NO/c8-3-1-4(9)6(7(11)12)5(10)2-3/h1-2,11H. The predicted octanol–water partition coefficient (Wildman–Crippen LogP) is 3.07. The summed E-state index contributed by atoms with van der Waals surface area (Å²) in [7, 11) is 0. The number of rotatable bonds is 1. The number of carbonyl (C=O) groups excluding carboxylic acids is 1. The lowest BCUT2D eigenvalue weighted by Gasteiger charge is -2.01. The van der Waals surface area contributed by atoms with Crippen molar-refractivity contribution in [3.05, 3.63) is 32.8 Å². The van der Waals surface area contributed by atoms with Gasteiger partial charge in [0.05, 0.1) is 15.6 Å². The highest BCUT2D eigenvalue weighted by Crippen LogP contribution is 2.28. The van der Waals surface area contributed by atoms with Gasteiger partial charge in [0.15, 0.2) is 0 Å². The molecule has 0 heterocycles. The first-order valence-electron chi connectivity index (χ1n) is 2.93. The number of hydrogen-bond acceptors (Lipinski definition) is 1. The van der Waals surface area contributed by atoms with Gasteiger partial charge >= 0.3 is 0 Å². The summed E-state index contributed by atoms with van der Waals surface area (Å²) in [6, 6.07) is 2.74.